The summed E-state index contributed by atoms with van der Waals surface area (Å²) in [7, 11) is 0. The standard InChI is InChI=1S/C13H16N4O3/c1-9(18)3-2-6-14-13-11-7-10(17(19)20)4-5-12(11)15-8-16-13/h4-5,7-9,18H,2-3,6H2,1H3,(H,14,15,16). The number of hydrogen-bond acceptors (Lipinski definition) is 6. The molecule has 2 rings (SSSR count). The largest absolute Gasteiger partial charge is 0.393 e. The SMILES string of the molecule is CC(O)CCCNc1ncnc2ccc([N+](=O)[O-])cc12. The first kappa shape index (κ1) is 14.1. The topological polar surface area (TPSA) is 101 Å². The zero-order valence-corrected chi connectivity index (χ0v) is 11.1. The van der Waals surface area contributed by atoms with E-state index in [-0.39, 0.29) is 11.8 Å². The molecule has 2 N–H and O–H groups in total. The smallest absolute Gasteiger partial charge is 0.270 e. The van der Waals surface area contributed by atoms with E-state index in [1.807, 2.05) is 0 Å². The number of nitrogens with one attached hydrogen (secondary N) is 1. The Balaban J connectivity index is 2.19. The summed E-state index contributed by atoms with van der Waals surface area (Å²) in [6.07, 6.45) is 2.57. The molecular formula is C13H16N4O3. The average molecular weight is 276 g/mol. The molecule has 0 saturated carbocycles. The molecule has 1 aromatic heterocycles. The number of aliphatic hydroxyl groups is 1. The molecule has 2 aromatic rings. The van der Waals surface area contributed by atoms with Gasteiger partial charge in [0.15, 0.2) is 0 Å². The molecule has 1 heterocycles. The molecule has 1 atom stereocenters. The van der Waals surface area contributed by atoms with Gasteiger partial charge in [-0.15, -0.1) is 0 Å². The van der Waals surface area contributed by atoms with E-state index >= 15 is 0 Å². The van der Waals surface area contributed by atoms with Gasteiger partial charge in [-0.2, -0.15) is 0 Å². The number of hydrogen-bond donors (Lipinski definition) is 2. The average Bonchev–Trinajstić information content (AvgIpc) is 2.42. The lowest BCUT2D eigenvalue weighted by molar-refractivity contribution is -0.384. The molecule has 0 aliphatic heterocycles. The van der Waals surface area contributed by atoms with Crippen LogP contribution in [-0.4, -0.2) is 32.6 Å². The fourth-order valence-electron chi connectivity index (χ4n) is 1.90. The van der Waals surface area contributed by atoms with Gasteiger partial charge in [-0.25, -0.2) is 9.97 Å². The quantitative estimate of drug-likeness (QED) is 0.476. The van der Waals surface area contributed by atoms with Crippen LogP contribution in [0.2, 0.25) is 0 Å². The minimum atomic E-state index is -0.441. The van der Waals surface area contributed by atoms with Crippen LogP contribution in [0.3, 0.4) is 0 Å². The Hall–Kier alpha value is -2.28. The maximum atomic E-state index is 10.8. The highest BCUT2D eigenvalue weighted by atomic mass is 16.6. The zero-order chi connectivity index (χ0) is 14.5. The van der Waals surface area contributed by atoms with Crippen molar-refractivity contribution in [3.8, 4) is 0 Å². The van der Waals surface area contributed by atoms with Crippen LogP contribution in [0.5, 0.6) is 0 Å². The second kappa shape index (κ2) is 6.25. The third-order valence-corrected chi connectivity index (χ3v) is 2.92. The summed E-state index contributed by atoms with van der Waals surface area (Å²) in [5.41, 5.74) is 0.669. The van der Waals surface area contributed by atoms with Gasteiger partial charge < -0.3 is 10.4 Å². The van der Waals surface area contributed by atoms with Crippen LogP contribution in [0.1, 0.15) is 19.8 Å². The summed E-state index contributed by atoms with van der Waals surface area (Å²) < 4.78 is 0. The molecule has 0 fully saturated rings. The van der Waals surface area contributed by atoms with Crippen LogP contribution >= 0.6 is 0 Å². The fourth-order valence-corrected chi connectivity index (χ4v) is 1.90. The second-order valence-electron chi connectivity index (χ2n) is 4.60. The van der Waals surface area contributed by atoms with Crippen LogP contribution in [0.4, 0.5) is 11.5 Å². The Morgan fingerprint density at radius 2 is 2.25 bits per heavy atom. The summed E-state index contributed by atoms with van der Waals surface area (Å²) in [5, 5.41) is 23.7. The van der Waals surface area contributed by atoms with Gasteiger partial charge in [-0.3, -0.25) is 10.1 Å². The molecule has 0 spiro atoms. The highest BCUT2D eigenvalue weighted by molar-refractivity contribution is 5.90. The van der Waals surface area contributed by atoms with Crippen molar-refractivity contribution in [2.45, 2.75) is 25.9 Å². The summed E-state index contributed by atoms with van der Waals surface area (Å²) >= 11 is 0. The number of nitrogens with zero attached hydrogens (tertiary/aromatic N) is 3. The number of anilines is 1. The van der Waals surface area contributed by atoms with E-state index in [1.165, 1.54) is 18.5 Å². The molecule has 20 heavy (non-hydrogen) atoms. The van der Waals surface area contributed by atoms with E-state index in [0.29, 0.717) is 29.7 Å². The van der Waals surface area contributed by atoms with Crippen molar-refractivity contribution in [2.75, 3.05) is 11.9 Å². The van der Waals surface area contributed by atoms with Crippen LogP contribution in [0, 0.1) is 10.1 Å². The van der Waals surface area contributed by atoms with E-state index in [9.17, 15) is 15.2 Å². The molecular weight excluding hydrogens is 260 g/mol. The lowest BCUT2D eigenvalue weighted by Crippen LogP contribution is -2.08. The number of fused-ring (bicyclic) bond motifs is 1. The Morgan fingerprint density at radius 1 is 1.45 bits per heavy atom. The van der Waals surface area contributed by atoms with E-state index in [1.54, 1.807) is 13.0 Å². The van der Waals surface area contributed by atoms with Gasteiger partial charge in [-0.05, 0) is 25.8 Å². The van der Waals surface area contributed by atoms with Gasteiger partial charge >= 0.3 is 0 Å². The van der Waals surface area contributed by atoms with Crippen molar-refractivity contribution in [1.82, 2.24) is 9.97 Å². The number of aromatic nitrogens is 2. The molecule has 0 aliphatic rings. The summed E-state index contributed by atoms with van der Waals surface area (Å²) in [5.74, 6) is 0.573. The molecule has 7 nitrogen and oxygen atoms in total. The van der Waals surface area contributed by atoms with Crippen LogP contribution in [-0.2, 0) is 0 Å². The van der Waals surface area contributed by atoms with Crippen molar-refractivity contribution in [2.24, 2.45) is 0 Å². The van der Waals surface area contributed by atoms with Crippen molar-refractivity contribution >= 4 is 22.4 Å². The second-order valence-corrected chi connectivity index (χ2v) is 4.60. The molecule has 1 unspecified atom stereocenters. The van der Waals surface area contributed by atoms with Crippen molar-refractivity contribution in [3.05, 3.63) is 34.6 Å². The summed E-state index contributed by atoms with van der Waals surface area (Å²) in [6, 6.07) is 4.50. The van der Waals surface area contributed by atoms with Crippen molar-refractivity contribution in [1.29, 1.82) is 0 Å². The fraction of sp³-hybridized carbons (Fsp3) is 0.385. The first-order chi connectivity index (χ1) is 9.58. The van der Waals surface area contributed by atoms with E-state index in [2.05, 4.69) is 15.3 Å². The molecule has 0 aliphatic carbocycles. The molecule has 1 aromatic carbocycles. The Bertz CT molecular complexity index is 616. The van der Waals surface area contributed by atoms with Gasteiger partial charge in [-0.1, -0.05) is 0 Å². The van der Waals surface area contributed by atoms with Crippen LogP contribution in [0.25, 0.3) is 10.9 Å². The third-order valence-electron chi connectivity index (χ3n) is 2.92. The molecule has 0 amide bonds. The first-order valence-electron chi connectivity index (χ1n) is 6.39. The van der Waals surface area contributed by atoms with Crippen LogP contribution in [0.15, 0.2) is 24.5 Å². The molecule has 0 bridgehead atoms. The number of aliphatic hydroxyl groups excluding tert-OH is 1. The molecule has 7 heteroatoms. The predicted octanol–water partition coefficient (Wildman–Crippen LogP) is 2.11. The molecule has 0 saturated heterocycles. The lowest BCUT2D eigenvalue weighted by Gasteiger charge is -2.08. The van der Waals surface area contributed by atoms with E-state index < -0.39 is 4.92 Å². The maximum Gasteiger partial charge on any atom is 0.270 e. The van der Waals surface area contributed by atoms with E-state index in [4.69, 9.17) is 0 Å². The predicted molar refractivity (Wildman–Crippen MR) is 75.6 cm³/mol. The molecule has 0 radical (unpaired) electrons. The van der Waals surface area contributed by atoms with Crippen molar-refractivity contribution < 1.29 is 10.0 Å². The summed E-state index contributed by atoms with van der Waals surface area (Å²) in [6.45, 7) is 2.38. The Kier molecular flexibility index (Phi) is 4.41. The number of non-ortho nitro benzene ring substituents is 1. The number of nitro benzene ring substituents is 1. The summed E-state index contributed by atoms with van der Waals surface area (Å²) in [4.78, 5) is 18.6. The number of nitro groups is 1. The van der Waals surface area contributed by atoms with Crippen LogP contribution < -0.4 is 5.32 Å². The van der Waals surface area contributed by atoms with Gasteiger partial charge in [0.25, 0.3) is 5.69 Å². The van der Waals surface area contributed by atoms with Gasteiger partial charge in [0.1, 0.15) is 12.1 Å². The lowest BCUT2D eigenvalue weighted by atomic mass is 10.2. The minimum Gasteiger partial charge on any atom is -0.393 e. The van der Waals surface area contributed by atoms with Crippen molar-refractivity contribution in [3.63, 3.8) is 0 Å². The highest BCUT2D eigenvalue weighted by Crippen LogP contribution is 2.24. The maximum absolute atomic E-state index is 10.8. The Labute approximate surface area is 115 Å². The number of benzene rings is 1. The third kappa shape index (κ3) is 3.39. The zero-order valence-electron chi connectivity index (χ0n) is 11.1. The molecule has 106 valence electrons. The normalized spacial score (nSPS) is 12.3. The highest BCUT2D eigenvalue weighted by Gasteiger charge is 2.10. The Morgan fingerprint density at radius 3 is 2.95 bits per heavy atom. The minimum absolute atomic E-state index is 0.0133. The van der Waals surface area contributed by atoms with Gasteiger partial charge in [0.2, 0.25) is 0 Å². The first-order valence-corrected chi connectivity index (χ1v) is 6.39. The number of rotatable bonds is 6. The van der Waals surface area contributed by atoms with E-state index in [0.717, 1.165) is 6.42 Å². The monoisotopic (exact) mass is 276 g/mol. The van der Waals surface area contributed by atoms with Gasteiger partial charge in [0.05, 0.1) is 16.5 Å². The van der Waals surface area contributed by atoms with Gasteiger partial charge in [0, 0.05) is 24.1 Å².